The Balaban J connectivity index is 1.32. The molecule has 0 N–H and O–H groups in total. The van der Waals surface area contributed by atoms with Gasteiger partial charge in [0.15, 0.2) is 17.6 Å². The number of hydrogen-bond acceptors (Lipinski definition) is 4. The number of fused-ring (bicyclic) bond motifs is 1. The van der Waals surface area contributed by atoms with Gasteiger partial charge in [0.2, 0.25) is 0 Å². The molecule has 1 unspecified atom stereocenters. The summed E-state index contributed by atoms with van der Waals surface area (Å²) in [6.07, 6.45) is 2.75. The first-order chi connectivity index (χ1) is 13.3. The summed E-state index contributed by atoms with van der Waals surface area (Å²) >= 11 is 0. The quantitative estimate of drug-likeness (QED) is 0.658. The Morgan fingerprint density at radius 2 is 1.74 bits per heavy atom. The molecule has 1 aromatic heterocycles. The van der Waals surface area contributed by atoms with E-state index in [2.05, 4.69) is 47.3 Å². The van der Waals surface area contributed by atoms with Crippen molar-refractivity contribution in [1.82, 2.24) is 9.88 Å². The highest BCUT2D eigenvalue weighted by Crippen LogP contribution is 2.35. The standard InChI is InChI=1S/C23H24N2O2/c1-25(15-13-20-6-4-5-14-24-20)16-18-9-11-19(12-10-18)23-17-26-21-7-2-3-8-22(21)27-23/h2-12,14,23H,13,15-17H2,1H3. The van der Waals surface area contributed by atoms with E-state index in [1.54, 1.807) is 0 Å². The van der Waals surface area contributed by atoms with Crippen molar-refractivity contribution in [2.45, 2.75) is 19.1 Å². The first-order valence-electron chi connectivity index (χ1n) is 9.34. The van der Waals surface area contributed by atoms with Crippen LogP contribution in [0.25, 0.3) is 0 Å². The Kier molecular flexibility index (Phi) is 5.35. The molecule has 0 saturated heterocycles. The molecule has 0 spiro atoms. The molecule has 4 heteroatoms. The number of aromatic nitrogens is 1. The van der Waals surface area contributed by atoms with Gasteiger partial charge in [0, 0.05) is 31.4 Å². The summed E-state index contributed by atoms with van der Waals surface area (Å²) in [6, 6.07) is 22.5. The lowest BCUT2D eigenvalue weighted by molar-refractivity contribution is 0.0913. The number of pyridine rings is 1. The van der Waals surface area contributed by atoms with Crippen LogP contribution in [0, 0.1) is 0 Å². The van der Waals surface area contributed by atoms with Crippen LogP contribution in [0.4, 0.5) is 0 Å². The van der Waals surface area contributed by atoms with Crippen LogP contribution in [0.15, 0.2) is 72.9 Å². The van der Waals surface area contributed by atoms with Gasteiger partial charge in [-0.3, -0.25) is 4.98 Å². The van der Waals surface area contributed by atoms with E-state index in [0.717, 1.165) is 42.3 Å². The minimum Gasteiger partial charge on any atom is -0.485 e. The monoisotopic (exact) mass is 360 g/mol. The average Bonchev–Trinajstić information content (AvgIpc) is 2.73. The highest BCUT2D eigenvalue weighted by molar-refractivity contribution is 5.41. The van der Waals surface area contributed by atoms with E-state index < -0.39 is 0 Å². The third kappa shape index (κ3) is 4.47. The molecule has 0 fully saturated rings. The smallest absolute Gasteiger partial charge is 0.162 e. The van der Waals surface area contributed by atoms with E-state index >= 15 is 0 Å². The van der Waals surface area contributed by atoms with Crippen LogP contribution >= 0.6 is 0 Å². The SMILES string of the molecule is CN(CCc1ccccn1)Cc1ccc(C2COc3ccccc3O2)cc1. The predicted octanol–water partition coefficient (Wildman–Crippen LogP) is 4.27. The van der Waals surface area contributed by atoms with Gasteiger partial charge in [0.1, 0.15) is 6.61 Å². The maximum atomic E-state index is 6.08. The summed E-state index contributed by atoms with van der Waals surface area (Å²) in [5.74, 6) is 1.63. The molecule has 3 aromatic rings. The number of hydrogen-bond donors (Lipinski definition) is 0. The third-order valence-electron chi connectivity index (χ3n) is 4.79. The Labute approximate surface area is 160 Å². The molecular weight excluding hydrogens is 336 g/mol. The second-order valence-corrected chi connectivity index (χ2v) is 6.91. The normalized spacial score (nSPS) is 15.7. The van der Waals surface area contributed by atoms with E-state index in [-0.39, 0.29) is 6.10 Å². The number of para-hydroxylation sites is 2. The fourth-order valence-corrected chi connectivity index (χ4v) is 3.26. The van der Waals surface area contributed by atoms with Gasteiger partial charge in [0.05, 0.1) is 0 Å². The number of nitrogens with zero attached hydrogens (tertiary/aromatic N) is 2. The van der Waals surface area contributed by atoms with Crippen molar-refractivity contribution in [1.29, 1.82) is 0 Å². The zero-order chi connectivity index (χ0) is 18.5. The van der Waals surface area contributed by atoms with E-state index in [1.165, 1.54) is 5.56 Å². The van der Waals surface area contributed by atoms with Crippen LogP contribution in [-0.4, -0.2) is 30.1 Å². The van der Waals surface area contributed by atoms with Crippen LogP contribution in [0.5, 0.6) is 11.5 Å². The fourth-order valence-electron chi connectivity index (χ4n) is 3.26. The zero-order valence-electron chi connectivity index (χ0n) is 15.5. The molecule has 0 amide bonds. The van der Waals surface area contributed by atoms with Gasteiger partial charge in [-0.25, -0.2) is 0 Å². The summed E-state index contributed by atoms with van der Waals surface area (Å²) in [7, 11) is 2.14. The van der Waals surface area contributed by atoms with Crippen molar-refractivity contribution >= 4 is 0 Å². The number of rotatable bonds is 6. The first kappa shape index (κ1) is 17.6. The summed E-state index contributed by atoms with van der Waals surface area (Å²) in [5.41, 5.74) is 3.57. The van der Waals surface area contributed by atoms with Crippen LogP contribution in [0.3, 0.4) is 0 Å². The summed E-state index contributed by atoms with van der Waals surface area (Å²) in [5, 5.41) is 0. The maximum absolute atomic E-state index is 6.08. The fraction of sp³-hybridized carbons (Fsp3) is 0.261. The molecule has 2 aromatic carbocycles. The summed E-state index contributed by atoms with van der Waals surface area (Å²) in [4.78, 5) is 6.70. The lowest BCUT2D eigenvalue weighted by Crippen LogP contribution is -2.22. The average molecular weight is 360 g/mol. The van der Waals surface area contributed by atoms with E-state index in [9.17, 15) is 0 Å². The molecule has 1 aliphatic heterocycles. The van der Waals surface area contributed by atoms with E-state index in [0.29, 0.717) is 6.61 Å². The van der Waals surface area contributed by atoms with Gasteiger partial charge in [-0.05, 0) is 42.4 Å². The lowest BCUT2D eigenvalue weighted by Gasteiger charge is -2.27. The number of ether oxygens (including phenoxy) is 2. The van der Waals surface area contributed by atoms with Crippen LogP contribution in [0.1, 0.15) is 22.9 Å². The topological polar surface area (TPSA) is 34.6 Å². The second kappa shape index (κ2) is 8.23. The molecular formula is C23H24N2O2. The van der Waals surface area contributed by atoms with Gasteiger partial charge in [-0.2, -0.15) is 0 Å². The second-order valence-electron chi connectivity index (χ2n) is 6.91. The van der Waals surface area contributed by atoms with E-state index in [4.69, 9.17) is 9.47 Å². The molecule has 0 radical (unpaired) electrons. The maximum Gasteiger partial charge on any atom is 0.162 e. The summed E-state index contributed by atoms with van der Waals surface area (Å²) < 4.78 is 11.9. The molecule has 0 bridgehead atoms. The minimum absolute atomic E-state index is 0.0594. The molecule has 27 heavy (non-hydrogen) atoms. The number of benzene rings is 2. The largest absolute Gasteiger partial charge is 0.485 e. The highest BCUT2D eigenvalue weighted by Gasteiger charge is 2.22. The van der Waals surface area contributed by atoms with Crippen molar-refractivity contribution in [2.24, 2.45) is 0 Å². The van der Waals surface area contributed by atoms with Crippen molar-refractivity contribution in [2.75, 3.05) is 20.2 Å². The van der Waals surface area contributed by atoms with Crippen molar-refractivity contribution < 1.29 is 9.47 Å². The molecule has 4 rings (SSSR count). The lowest BCUT2D eigenvalue weighted by atomic mass is 10.1. The van der Waals surface area contributed by atoms with Gasteiger partial charge >= 0.3 is 0 Å². The van der Waals surface area contributed by atoms with Gasteiger partial charge < -0.3 is 14.4 Å². The first-order valence-corrected chi connectivity index (χ1v) is 9.34. The van der Waals surface area contributed by atoms with Gasteiger partial charge in [-0.1, -0.05) is 42.5 Å². The van der Waals surface area contributed by atoms with Gasteiger partial charge in [0.25, 0.3) is 0 Å². The molecule has 138 valence electrons. The Morgan fingerprint density at radius 3 is 2.52 bits per heavy atom. The van der Waals surface area contributed by atoms with Crippen LogP contribution in [-0.2, 0) is 13.0 Å². The Bertz CT molecular complexity index is 865. The van der Waals surface area contributed by atoms with Crippen LogP contribution in [0.2, 0.25) is 0 Å². The summed E-state index contributed by atoms with van der Waals surface area (Å²) in [6.45, 7) is 2.44. The van der Waals surface area contributed by atoms with E-state index in [1.807, 2.05) is 42.6 Å². The Hall–Kier alpha value is -2.85. The molecule has 1 atom stereocenters. The predicted molar refractivity (Wildman–Crippen MR) is 106 cm³/mol. The molecule has 0 saturated carbocycles. The molecule has 1 aliphatic rings. The van der Waals surface area contributed by atoms with Crippen molar-refractivity contribution in [3.05, 3.63) is 89.7 Å². The number of likely N-dealkylation sites (N-methyl/N-ethyl adjacent to an activating group) is 1. The van der Waals surface area contributed by atoms with Crippen molar-refractivity contribution in [3.63, 3.8) is 0 Å². The van der Waals surface area contributed by atoms with Crippen molar-refractivity contribution in [3.8, 4) is 11.5 Å². The molecule has 0 aliphatic carbocycles. The minimum atomic E-state index is -0.0594. The third-order valence-corrected chi connectivity index (χ3v) is 4.79. The molecule has 2 heterocycles. The van der Waals surface area contributed by atoms with Gasteiger partial charge in [-0.15, -0.1) is 0 Å². The highest BCUT2D eigenvalue weighted by atomic mass is 16.6. The van der Waals surface area contributed by atoms with Crippen LogP contribution < -0.4 is 9.47 Å². The zero-order valence-corrected chi connectivity index (χ0v) is 15.5. The molecule has 4 nitrogen and oxygen atoms in total. The Morgan fingerprint density at radius 1 is 0.963 bits per heavy atom.